The van der Waals surface area contributed by atoms with Gasteiger partial charge >= 0.3 is 5.97 Å². The van der Waals surface area contributed by atoms with Crippen LogP contribution in [0.4, 0.5) is 0 Å². The Kier molecular flexibility index (Phi) is 4.60. The van der Waals surface area contributed by atoms with Crippen molar-refractivity contribution in [1.82, 2.24) is 14.8 Å². The first kappa shape index (κ1) is 14.1. The second-order valence-electron chi connectivity index (χ2n) is 4.35. The van der Waals surface area contributed by atoms with E-state index in [-0.39, 0.29) is 11.8 Å². The Bertz CT molecular complexity index is 549. The van der Waals surface area contributed by atoms with Crippen molar-refractivity contribution in [3.63, 3.8) is 0 Å². The van der Waals surface area contributed by atoms with E-state index in [4.69, 9.17) is 5.11 Å². The van der Waals surface area contributed by atoms with E-state index in [0.717, 1.165) is 12.2 Å². The molecule has 7 heteroatoms. The van der Waals surface area contributed by atoms with Crippen molar-refractivity contribution in [3.05, 3.63) is 28.2 Å². The number of rotatable bonds is 6. The van der Waals surface area contributed by atoms with Crippen LogP contribution in [0.15, 0.2) is 22.0 Å². The van der Waals surface area contributed by atoms with Gasteiger partial charge in [-0.15, -0.1) is 10.2 Å². The van der Waals surface area contributed by atoms with Crippen LogP contribution in [-0.2, 0) is 11.2 Å². The smallest absolute Gasteiger partial charge is 0.313 e. The molecule has 0 atom stereocenters. The Morgan fingerprint density at radius 1 is 1.53 bits per heavy atom. The maximum atomic E-state index is 10.6. The molecule has 0 aliphatic carbocycles. The first-order valence-corrected chi connectivity index (χ1v) is 7.80. The van der Waals surface area contributed by atoms with Crippen LogP contribution in [0.2, 0.25) is 0 Å². The number of aromatic nitrogens is 3. The Morgan fingerprint density at radius 2 is 2.32 bits per heavy atom. The van der Waals surface area contributed by atoms with E-state index in [1.807, 2.05) is 23.8 Å². The van der Waals surface area contributed by atoms with Crippen molar-refractivity contribution in [2.24, 2.45) is 0 Å². The molecule has 0 bridgehead atoms. The van der Waals surface area contributed by atoms with E-state index in [1.165, 1.54) is 17.3 Å². The van der Waals surface area contributed by atoms with E-state index in [1.54, 1.807) is 11.3 Å². The minimum Gasteiger partial charge on any atom is -0.481 e. The van der Waals surface area contributed by atoms with E-state index in [2.05, 4.69) is 21.6 Å². The van der Waals surface area contributed by atoms with Crippen molar-refractivity contribution < 1.29 is 9.90 Å². The minimum absolute atomic E-state index is 0.00328. The highest BCUT2D eigenvalue weighted by Gasteiger charge is 2.16. The topological polar surface area (TPSA) is 68.0 Å². The molecule has 1 N–H and O–H groups in total. The molecule has 0 unspecified atom stereocenters. The number of thioether (sulfide) groups is 1. The minimum atomic E-state index is -0.845. The van der Waals surface area contributed by atoms with Gasteiger partial charge in [0.15, 0.2) is 5.16 Å². The summed E-state index contributed by atoms with van der Waals surface area (Å²) in [6.07, 6.45) is 0.725. The van der Waals surface area contributed by atoms with E-state index in [9.17, 15) is 4.79 Å². The van der Waals surface area contributed by atoms with Gasteiger partial charge in [0.05, 0.1) is 5.75 Å². The molecule has 0 aromatic carbocycles. The first-order valence-electron chi connectivity index (χ1n) is 5.87. The zero-order valence-electron chi connectivity index (χ0n) is 10.7. The summed E-state index contributed by atoms with van der Waals surface area (Å²) in [5.41, 5.74) is 1.20. The average molecular weight is 297 g/mol. The van der Waals surface area contributed by atoms with Crippen LogP contribution in [0.3, 0.4) is 0 Å². The van der Waals surface area contributed by atoms with E-state index < -0.39 is 5.97 Å². The quantitative estimate of drug-likeness (QED) is 0.830. The third-order valence-corrected chi connectivity index (χ3v) is 4.18. The normalized spacial score (nSPS) is 11.1. The van der Waals surface area contributed by atoms with E-state index in [0.29, 0.717) is 5.16 Å². The fourth-order valence-corrected chi connectivity index (χ4v) is 3.22. The third kappa shape index (κ3) is 3.57. The molecular formula is C12H15N3O2S2. The molecule has 0 spiro atoms. The number of hydrogen-bond donors (Lipinski definition) is 1. The molecule has 0 radical (unpaired) electrons. The maximum absolute atomic E-state index is 10.6. The highest BCUT2D eigenvalue weighted by molar-refractivity contribution is 7.99. The molecule has 102 valence electrons. The standard InChI is InChI=1S/C12H15N3O2S2/c1-8(2)15-10(5-9-3-4-18-6-9)13-14-12(15)19-7-11(16)17/h3-4,6,8H,5,7H2,1-2H3,(H,16,17). The van der Waals surface area contributed by atoms with Gasteiger partial charge in [-0.25, -0.2) is 0 Å². The lowest BCUT2D eigenvalue weighted by Crippen LogP contribution is -2.09. The molecule has 2 heterocycles. The van der Waals surface area contributed by atoms with Crippen LogP contribution in [0.25, 0.3) is 0 Å². The van der Waals surface area contributed by atoms with Gasteiger partial charge in [-0.2, -0.15) is 11.3 Å². The molecular weight excluding hydrogens is 282 g/mol. The summed E-state index contributed by atoms with van der Waals surface area (Å²) < 4.78 is 2.01. The lowest BCUT2D eigenvalue weighted by molar-refractivity contribution is -0.133. The molecule has 0 aliphatic rings. The van der Waals surface area contributed by atoms with Crippen LogP contribution >= 0.6 is 23.1 Å². The Hall–Kier alpha value is -1.34. The van der Waals surface area contributed by atoms with Gasteiger partial charge in [-0.1, -0.05) is 11.8 Å². The number of hydrogen-bond acceptors (Lipinski definition) is 5. The summed E-state index contributed by atoms with van der Waals surface area (Å²) in [4.78, 5) is 10.6. The molecule has 0 aliphatic heterocycles. The number of carboxylic acid groups (broad SMARTS) is 1. The average Bonchev–Trinajstić information content (AvgIpc) is 2.96. The van der Waals surface area contributed by atoms with Crippen LogP contribution < -0.4 is 0 Å². The second-order valence-corrected chi connectivity index (χ2v) is 6.08. The van der Waals surface area contributed by atoms with Gasteiger partial charge in [0.25, 0.3) is 0 Å². The van der Waals surface area contributed by atoms with Crippen LogP contribution in [0.1, 0.15) is 31.3 Å². The number of nitrogens with zero attached hydrogens (tertiary/aromatic N) is 3. The lowest BCUT2D eigenvalue weighted by Gasteiger charge is -2.12. The summed E-state index contributed by atoms with van der Waals surface area (Å²) in [5, 5.41) is 21.8. The zero-order chi connectivity index (χ0) is 13.8. The molecule has 5 nitrogen and oxygen atoms in total. The first-order chi connectivity index (χ1) is 9.08. The molecule has 2 aromatic heterocycles. The molecule has 2 rings (SSSR count). The van der Waals surface area contributed by atoms with Crippen molar-refractivity contribution in [2.45, 2.75) is 31.5 Å². The summed E-state index contributed by atoms with van der Waals surface area (Å²) >= 11 is 2.86. The molecule has 19 heavy (non-hydrogen) atoms. The highest BCUT2D eigenvalue weighted by atomic mass is 32.2. The van der Waals surface area contributed by atoms with Gasteiger partial charge in [-0.05, 0) is 36.2 Å². The number of aliphatic carboxylic acids is 1. The van der Waals surface area contributed by atoms with Crippen molar-refractivity contribution in [2.75, 3.05) is 5.75 Å². The Labute approximate surface area is 119 Å². The Morgan fingerprint density at radius 3 is 2.89 bits per heavy atom. The molecule has 2 aromatic rings. The van der Waals surface area contributed by atoms with Crippen LogP contribution in [0.5, 0.6) is 0 Å². The fourth-order valence-electron chi connectivity index (χ4n) is 1.75. The molecule has 0 saturated heterocycles. The SMILES string of the molecule is CC(C)n1c(Cc2ccsc2)nnc1SCC(=O)O. The molecule has 0 saturated carbocycles. The van der Waals surface area contributed by atoms with Gasteiger partial charge in [-0.3, -0.25) is 4.79 Å². The van der Waals surface area contributed by atoms with Crippen molar-refractivity contribution >= 4 is 29.1 Å². The fraction of sp³-hybridized carbons (Fsp3) is 0.417. The zero-order valence-corrected chi connectivity index (χ0v) is 12.4. The van der Waals surface area contributed by atoms with Gasteiger partial charge in [0.2, 0.25) is 0 Å². The number of carboxylic acids is 1. The predicted octanol–water partition coefficient (Wildman–Crippen LogP) is 2.69. The lowest BCUT2D eigenvalue weighted by atomic mass is 10.2. The van der Waals surface area contributed by atoms with Crippen LogP contribution in [0, 0.1) is 0 Å². The Balaban J connectivity index is 2.21. The van der Waals surface area contributed by atoms with Crippen molar-refractivity contribution in [1.29, 1.82) is 0 Å². The van der Waals surface area contributed by atoms with Gasteiger partial charge < -0.3 is 9.67 Å². The van der Waals surface area contributed by atoms with Crippen molar-refractivity contribution in [3.8, 4) is 0 Å². The monoisotopic (exact) mass is 297 g/mol. The summed E-state index contributed by atoms with van der Waals surface area (Å²) in [6, 6.07) is 2.27. The van der Waals surface area contributed by atoms with Crippen LogP contribution in [-0.4, -0.2) is 31.6 Å². The molecule has 0 amide bonds. The summed E-state index contributed by atoms with van der Waals surface area (Å²) in [5.74, 6) is 0.0347. The number of carbonyl (C=O) groups is 1. The van der Waals surface area contributed by atoms with Gasteiger partial charge in [0.1, 0.15) is 5.82 Å². The largest absolute Gasteiger partial charge is 0.481 e. The highest BCUT2D eigenvalue weighted by Crippen LogP contribution is 2.23. The molecule has 0 fully saturated rings. The maximum Gasteiger partial charge on any atom is 0.313 e. The van der Waals surface area contributed by atoms with E-state index >= 15 is 0 Å². The predicted molar refractivity (Wildman–Crippen MR) is 75.9 cm³/mol. The second kappa shape index (κ2) is 6.21. The van der Waals surface area contributed by atoms with Gasteiger partial charge in [0, 0.05) is 12.5 Å². The third-order valence-electron chi connectivity index (χ3n) is 2.52. The number of thiophene rings is 1. The summed E-state index contributed by atoms with van der Waals surface area (Å²) in [7, 11) is 0. The summed E-state index contributed by atoms with van der Waals surface area (Å²) in [6.45, 7) is 4.09.